The van der Waals surface area contributed by atoms with Gasteiger partial charge in [0.15, 0.2) is 0 Å². The van der Waals surface area contributed by atoms with Crippen LogP contribution >= 0.6 is 33.9 Å². The van der Waals surface area contributed by atoms with Gasteiger partial charge in [0.1, 0.15) is 0 Å². The molecule has 0 aliphatic rings. The fourth-order valence-corrected chi connectivity index (χ4v) is 5.25. The summed E-state index contributed by atoms with van der Waals surface area (Å²) in [5.41, 5.74) is 2.67. The minimum atomic E-state index is 0.970. The topological polar surface area (TPSA) is 4.93 Å². The molecule has 22 heavy (non-hydrogen) atoms. The molecule has 3 heteroatoms. The first-order valence-corrected chi connectivity index (χ1v) is 9.59. The maximum atomic E-state index is 2.45. The van der Waals surface area contributed by atoms with Gasteiger partial charge in [0.2, 0.25) is 0 Å². The number of halogens is 1. The SMILES string of the molecule is ICn1c2ccccc2c2cc3c(cc21)sc1ccccc13. The molecule has 0 saturated heterocycles. The van der Waals surface area contributed by atoms with Gasteiger partial charge in [-0.25, -0.2) is 0 Å². The number of para-hydroxylation sites is 1. The number of nitrogens with zero attached hydrogens (tertiary/aromatic N) is 1. The molecule has 0 saturated carbocycles. The Balaban J connectivity index is 2.06. The van der Waals surface area contributed by atoms with Gasteiger partial charge in [-0.1, -0.05) is 59.0 Å². The molecule has 0 aliphatic heterocycles. The van der Waals surface area contributed by atoms with E-state index in [2.05, 4.69) is 87.8 Å². The molecule has 5 aromatic rings. The minimum Gasteiger partial charge on any atom is -0.331 e. The van der Waals surface area contributed by atoms with Crippen molar-refractivity contribution in [1.82, 2.24) is 4.57 Å². The largest absolute Gasteiger partial charge is 0.331 e. The first-order valence-electron chi connectivity index (χ1n) is 7.25. The highest BCUT2D eigenvalue weighted by Crippen LogP contribution is 2.39. The van der Waals surface area contributed by atoms with Crippen LogP contribution in [0.1, 0.15) is 0 Å². The fourth-order valence-electron chi connectivity index (χ4n) is 3.39. The molecule has 106 valence electrons. The van der Waals surface area contributed by atoms with E-state index < -0.39 is 0 Å². The Morgan fingerprint density at radius 1 is 0.727 bits per heavy atom. The van der Waals surface area contributed by atoms with Crippen molar-refractivity contribution in [3.8, 4) is 0 Å². The lowest BCUT2D eigenvalue weighted by molar-refractivity contribution is 1.02. The quantitative estimate of drug-likeness (QED) is 0.217. The maximum absolute atomic E-state index is 2.45. The smallest absolute Gasteiger partial charge is 0.0748 e. The van der Waals surface area contributed by atoms with E-state index in [1.807, 2.05) is 11.3 Å². The molecular formula is C19H12INS. The highest BCUT2D eigenvalue weighted by Gasteiger charge is 2.13. The van der Waals surface area contributed by atoms with Gasteiger partial charge in [0, 0.05) is 36.5 Å². The van der Waals surface area contributed by atoms with E-state index in [9.17, 15) is 0 Å². The Hall–Kier alpha value is -1.59. The van der Waals surface area contributed by atoms with Crippen molar-refractivity contribution in [2.75, 3.05) is 0 Å². The standard InChI is InChI=1S/C19H12INS/c20-11-21-16-7-3-1-5-12(16)14-9-15-13-6-2-4-8-18(13)22-19(15)10-17(14)21/h1-10H,11H2. The number of rotatable bonds is 1. The molecule has 0 radical (unpaired) electrons. The summed E-state index contributed by atoms with van der Waals surface area (Å²) in [4.78, 5) is 0. The third kappa shape index (κ3) is 1.64. The summed E-state index contributed by atoms with van der Waals surface area (Å²) in [6, 6.07) is 22.2. The molecule has 1 nitrogen and oxygen atoms in total. The second-order valence-electron chi connectivity index (χ2n) is 5.53. The summed E-state index contributed by atoms with van der Waals surface area (Å²) >= 11 is 4.34. The molecule has 0 aliphatic carbocycles. The van der Waals surface area contributed by atoms with Gasteiger partial charge in [-0.15, -0.1) is 11.3 Å². The van der Waals surface area contributed by atoms with Crippen LogP contribution in [0, 0.1) is 0 Å². The first kappa shape index (κ1) is 12.9. The molecule has 5 rings (SSSR count). The van der Waals surface area contributed by atoms with Crippen molar-refractivity contribution >= 4 is 75.9 Å². The number of benzene rings is 3. The van der Waals surface area contributed by atoms with Crippen LogP contribution in [-0.4, -0.2) is 4.57 Å². The van der Waals surface area contributed by atoms with Crippen molar-refractivity contribution in [1.29, 1.82) is 0 Å². The molecule has 0 fully saturated rings. The van der Waals surface area contributed by atoms with Crippen molar-refractivity contribution in [2.24, 2.45) is 0 Å². The number of alkyl halides is 1. The molecule has 3 aromatic carbocycles. The van der Waals surface area contributed by atoms with Gasteiger partial charge < -0.3 is 4.57 Å². The van der Waals surface area contributed by atoms with Crippen LogP contribution in [0.3, 0.4) is 0 Å². The van der Waals surface area contributed by atoms with Crippen LogP contribution in [0.2, 0.25) is 0 Å². The monoisotopic (exact) mass is 413 g/mol. The van der Waals surface area contributed by atoms with E-state index in [0.29, 0.717) is 0 Å². The molecule has 0 spiro atoms. The zero-order valence-corrected chi connectivity index (χ0v) is 14.7. The van der Waals surface area contributed by atoms with Gasteiger partial charge in [-0.05, 0) is 24.3 Å². The predicted molar refractivity (Wildman–Crippen MR) is 106 cm³/mol. The lowest BCUT2D eigenvalue weighted by atomic mass is 10.1. The van der Waals surface area contributed by atoms with Gasteiger partial charge in [0.25, 0.3) is 0 Å². The van der Waals surface area contributed by atoms with Crippen LogP contribution in [0.25, 0.3) is 42.0 Å². The van der Waals surface area contributed by atoms with Crippen LogP contribution in [0.5, 0.6) is 0 Å². The van der Waals surface area contributed by atoms with Crippen molar-refractivity contribution in [3.63, 3.8) is 0 Å². The molecule has 0 atom stereocenters. The Kier molecular flexibility index (Phi) is 2.76. The Bertz CT molecular complexity index is 1170. The zero-order chi connectivity index (χ0) is 14.7. The van der Waals surface area contributed by atoms with Crippen LogP contribution in [0.15, 0.2) is 60.7 Å². The average Bonchev–Trinajstić information content (AvgIpc) is 3.07. The third-order valence-electron chi connectivity index (χ3n) is 4.39. The highest BCUT2D eigenvalue weighted by molar-refractivity contribution is 14.1. The average molecular weight is 413 g/mol. The molecular weight excluding hydrogens is 401 g/mol. The van der Waals surface area contributed by atoms with E-state index >= 15 is 0 Å². The van der Waals surface area contributed by atoms with Gasteiger partial charge in [-0.3, -0.25) is 0 Å². The lowest BCUT2D eigenvalue weighted by Crippen LogP contribution is -1.89. The van der Waals surface area contributed by atoms with Gasteiger partial charge >= 0.3 is 0 Å². The molecule has 0 N–H and O–H groups in total. The minimum absolute atomic E-state index is 0.970. The fraction of sp³-hybridized carbons (Fsp3) is 0.0526. The maximum Gasteiger partial charge on any atom is 0.0748 e. The van der Waals surface area contributed by atoms with E-state index in [0.717, 1.165) is 4.55 Å². The molecule has 0 unspecified atom stereocenters. The normalized spacial score (nSPS) is 12.0. The second-order valence-corrected chi connectivity index (χ2v) is 7.29. The summed E-state index contributed by atoms with van der Waals surface area (Å²) in [5.74, 6) is 0. The van der Waals surface area contributed by atoms with Crippen molar-refractivity contribution < 1.29 is 0 Å². The van der Waals surface area contributed by atoms with Crippen LogP contribution in [0.4, 0.5) is 0 Å². The number of aromatic nitrogens is 1. The van der Waals surface area contributed by atoms with Crippen molar-refractivity contribution in [2.45, 2.75) is 4.55 Å². The van der Waals surface area contributed by atoms with E-state index in [-0.39, 0.29) is 0 Å². The summed E-state index contributed by atoms with van der Waals surface area (Å²) < 4.78 is 6.13. The first-order chi connectivity index (χ1) is 10.9. The molecule has 2 heterocycles. The number of fused-ring (bicyclic) bond motifs is 6. The number of hydrogen-bond acceptors (Lipinski definition) is 1. The molecule has 0 amide bonds. The predicted octanol–water partition coefficient (Wildman–Crippen LogP) is 6.55. The third-order valence-corrected chi connectivity index (χ3v) is 6.21. The summed E-state index contributed by atoms with van der Waals surface area (Å²) in [7, 11) is 0. The van der Waals surface area contributed by atoms with E-state index in [1.54, 1.807) is 0 Å². The number of hydrogen-bond donors (Lipinski definition) is 0. The molecule has 2 aromatic heterocycles. The van der Waals surface area contributed by atoms with E-state index in [1.165, 1.54) is 42.0 Å². The summed E-state index contributed by atoms with van der Waals surface area (Å²) in [5, 5.41) is 5.47. The zero-order valence-electron chi connectivity index (χ0n) is 11.7. The summed E-state index contributed by atoms with van der Waals surface area (Å²) in [6.45, 7) is 0. The Labute approximate surface area is 145 Å². The highest BCUT2D eigenvalue weighted by atomic mass is 127. The summed E-state index contributed by atoms with van der Waals surface area (Å²) in [6.07, 6.45) is 0. The van der Waals surface area contributed by atoms with Crippen LogP contribution in [-0.2, 0) is 4.55 Å². The molecule has 0 bridgehead atoms. The van der Waals surface area contributed by atoms with Gasteiger partial charge in [0.05, 0.1) is 10.1 Å². The number of thiophene rings is 1. The van der Waals surface area contributed by atoms with Gasteiger partial charge in [-0.2, -0.15) is 0 Å². The van der Waals surface area contributed by atoms with Crippen molar-refractivity contribution in [3.05, 3.63) is 60.7 Å². The Morgan fingerprint density at radius 2 is 1.50 bits per heavy atom. The second kappa shape index (κ2) is 4.70. The Morgan fingerprint density at radius 3 is 2.36 bits per heavy atom. The lowest BCUT2D eigenvalue weighted by Gasteiger charge is -2.01. The van der Waals surface area contributed by atoms with E-state index in [4.69, 9.17) is 0 Å². The van der Waals surface area contributed by atoms with Crippen LogP contribution < -0.4 is 0 Å².